The number of nitrogens with zero attached hydrogens (tertiary/aromatic N) is 2. The summed E-state index contributed by atoms with van der Waals surface area (Å²) in [7, 11) is -2.89. The lowest BCUT2D eigenvalue weighted by Crippen LogP contribution is -2.75. The maximum Gasteiger partial charge on any atom is 0.180 e. The lowest BCUT2D eigenvalue weighted by molar-refractivity contribution is 1.10. The van der Waals surface area contributed by atoms with Crippen LogP contribution in [0.2, 0.25) is 0 Å². The van der Waals surface area contributed by atoms with Crippen molar-refractivity contribution in [3.05, 3.63) is 242 Å². The molecule has 0 spiro atoms. The fraction of sp³-hybridized carbons (Fsp3) is 0.0172. The van der Waals surface area contributed by atoms with Crippen molar-refractivity contribution in [3.63, 3.8) is 0 Å². The van der Waals surface area contributed by atoms with E-state index in [1.165, 1.54) is 64.5 Å². The van der Waals surface area contributed by atoms with Crippen LogP contribution in [0.3, 0.4) is 0 Å². The van der Waals surface area contributed by atoms with Gasteiger partial charge in [0.15, 0.2) is 8.07 Å². The zero-order valence-electron chi connectivity index (χ0n) is 33.9. The first-order valence-corrected chi connectivity index (χ1v) is 23.1. The molecule has 0 N–H and O–H groups in total. The molecule has 0 aliphatic carbocycles. The minimum Gasteiger partial charge on any atom is -0.292 e. The molecule has 2 nitrogen and oxygen atoms in total. The molecule has 0 fully saturated rings. The summed E-state index contributed by atoms with van der Waals surface area (Å²) >= 11 is 0. The Hall–Kier alpha value is -7.59. The highest BCUT2D eigenvalue weighted by Crippen LogP contribution is 2.38. The molecule has 0 saturated heterocycles. The summed E-state index contributed by atoms with van der Waals surface area (Å²) in [5.74, 6) is 0.943. The van der Waals surface area contributed by atoms with Crippen molar-refractivity contribution in [2.24, 2.45) is 0 Å². The Morgan fingerprint density at radius 3 is 1.39 bits per heavy atom. The Morgan fingerprint density at radius 2 is 0.836 bits per heavy atom. The first kappa shape index (κ1) is 36.5. The monoisotopic (exact) mass is 794 g/mol. The largest absolute Gasteiger partial charge is 0.292 e. The molecule has 0 unspecified atom stereocenters. The van der Waals surface area contributed by atoms with Crippen molar-refractivity contribution in [1.29, 1.82) is 0 Å². The average molecular weight is 795 g/mol. The third kappa shape index (κ3) is 6.05. The van der Waals surface area contributed by atoms with Gasteiger partial charge in [0.2, 0.25) is 0 Å². The van der Waals surface area contributed by atoms with Crippen LogP contribution in [0.4, 0.5) is 0 Å². The smallest absolute Gasteiger partial charge is 0.180 e. The molecule has 10 aromatic carbocycles. The van der Waals surface area contributed by atoms with Crippen LogP contribution in [-0.2, 0) is 0 Å². The van der Waals surface area contributed by atoms with Gasteiger partial charge in [0.05, 0.1) is 11.0 Å². The molecule has 11 aromatic rings. The topological polar surface area (TPSA) is 17.8 Å². The van der Waals surface area contributed by atoms with Gasteiger partial charge >= 0.3 is 0 Å². The van der Waals surface area contributed by atoms with Crippen LogP contribution in [-0.4, -0.2) is 17.6 Å². The summed E-state index contributed by atoms with van der Waals surface area (Å²) in [5, 5.41) is 10.7. The van der Waals surface area contributed by atoms with Crippen molar-refractivity contribution < 1.29 is 0 Å². The molecule has 0 amide bonds. The van der Waals surface area contributed by atoms with E-state index >= 15 is 0 Å². The Labute approximate surface area is 357 Å². The predicted molar refractivity (Wildman–Crippen MR) is 261 cm³/mol. The molecule has 3 heteroatoms. The fourth-order valence-corrected chi connectivity index (χ4v) is 15.0. The van der Waals surface area contributed by atoms with Crippen molar-refractivity contribution >= 4 is 61.4 Å². The van der Waals surface area contributed by atoms with Gasteiger partial charge in [-0.1, -0.05) is 218 Å². The minimum atomic E-state index is -2.89. The van der Waals surface area contributed by atoms with Crippen molar-refractivity contribution in [2.45, 2.75) is 6.92 Å². The molecule has 11 rings (SSSR count). The molecule has 0 saturated carbocycles. The number of hydrogen-bond donors (Lipinski definition) is 0. The second-order valence-electron chi connectivity index (χ2n) is 15.9. The van der Waals surface area contributed by atoms with Gasteiger partial charge in [-0.15, -0.1) is 0 Å². The standard InChI is InChI=1S/C58H42N2Si/c1-41-20-18-35-54-56(41)59-58(44-21-6-2-7-22-44)60(54)46-24-19-23-45(40-46)42-36-38-43(39-37-42)55-50-31-14-16-33-52(50)57(53-34-17-15-32-51(53)55)61(47-25-8-3-9-26-47,48-27-10-4-11-28-48)49-29-12-5-13-30-49/h2-40H,1H3. The number of aryl methyl sites for hydroxylation is 1. The van der Waals surface area contributed by atoms with Gasteiger partial charge in [-0.2, -0.15) is 0 Å². The fourth-order valence-electron chi connectivity index (χ4n) is 9.78. The van der Waals surface area contributed by atoms with E-state index in [4.69, 9.17) is 4.98 Å². The van der Waals surface area contributed by atoms with Gasteiger partial charge in [0.25, 0.3) is 0 Å². The SMILES string of the molecule is Cc1cccc2c1nc(-c1ccccc1)n2-c1cccc(-c2ccc(-c3c4ccccc4c([Si](c4ccccc4)(c4ccccc4)c4ccccc4)c4ccccc34)cc2)c1. The number of fused-ring (bicyclic) bond motifs is 3. The maximum absolute atomic E-state index is 5.19. The van der Waals surface area contributed by atoms with Crippen LogP contribution in [0.25, 0.3) is 71.9 Å². The van der Waals surface area contributed by atoms with Gasteiger partial charge in [0, 0.05) is 11.3 Å². The lowest BCUT2D eigenvalue weighted by atomic mass is 9.91. The van der Waals surface area contributed by atoms with Gasteiger partial charge in [0.1, 0.15) is 5.82 Å². The highest BCUT2D eigenvalue weighted by molar-refractivity contribution is 7.21. The van der Waals surface area contributed by atoms with E-state index in [-0.39, 0.29) is 0 Å². The highest BCUT2D eigenvalue weighted by atomic mass is 28.3. The van der Waals surface area contributed by atoms with Gasteiger partial charge < -0.3 is 0 Å². The summed E-state index contributed by atoms with van der Waals surface area (Å²) in [6, 6.07) is 87.1. The molecule has 1 heterocycles. The van der Waals surface area contributed by atoms with Gasteiger partial charge in [-0.25, -0.2) is 4.98 Å². The van der Waals surface area contributed by atoms with Crippen LogP contribution >= 0.6 is 0 Å². The molecule has 288 valence electrons. The summed E-state index contributed by atoms with van der Waals surface area (Å²) in [6.45, 7) is 2.14. The Morgan fingerprint density at radius 1 is 0.377 bits per heavy atom. The van der Waals surface area contributed by atoms with Crippen LogP contribution < -0.4 is 20.7 Å². The van der Waals surface area contributed by atoms with E-state index < -0.39 is 8.07 Å². The van der Waals surface area contributed by atoms with Crippen LogP contribution in [0, 0.1) is 6.92 Å². The van der Waals surface area contributed by atoms with Crippen molar-refractivity contribution in [3.8, 4) is 39.3 Å². The second-order valence-corrected chi connectivity index (χ2v) is 19.6. The number of para-hydroxylation sites is 1. The Kier molecular flexibility index (Phi) is 9.10. The Balaban J connectivity index is 1.10. The minimum absolute atomic E-state index is 0.943. The lowest BCUT2D eigenvalue weighted by Gasteiger charge is -2.37. The quantitative estimate of drug-likeness (QED) is 0.0851. The van der Waals surface area contributed by atoms with E-state index in [0.29, 0.717) is 0 Å². The normalized spacial score (nSPS) is 11.7. The highest BCUT2D eigenvalue weighted by Gasteiger charge is 2.44. The zero-order chi connectivity index (χ0) is 40.8. The van der Waals surface area contributed by atoms with Gasteiger partial charge in [-0.3, -0.25) is 4.57 Å². The zero-order valence-corrected chi connectivity index (χ0v) is 34.9. The van der Waals surface area contributed by atoms with Crippen LogP contribution in [0.15, 0.2) is 237 Å². The molecule has 0 aliphatic rings. The summed E-state index contributed by atoms with van der Waals surface area (Å²) < 4.78 is 2.30. The van der Waals surface area contributed by atoms with Crippen molar-refractivity contribution in [2.75, 3.05) is 0 Å². The third-order valence-corrected chi connectivity index (χ3v) is 17.3. The van der Waals surface area contributed by atoms with E-state index in [1.54, 1.807) is 0 Å². The second kappa shape index (κ2) is 15.2. The third-order valence-electron chi connectivity index (χ3n) is 12.5. The molecule has 0 aliphatic heterocycles. The summed E-state index contributed by atoms with van der Waals surface area (Å²) in [4.78, 5) is 5.19. The van der Waals surface area contributed by atoms with Crippen molar-refractivity contribution in [1.82, 2.24) is 9.55 Å². The predicted octanol–water partition coefficient (Wildman–Crippen LogP) is 12.0. The average Bonchev–Trinajstić information content (AvgIpc) is 3.74. The number of rotatable bonds is 8. The molecule has 0 atom stereocenters. The molecule has 61 heavy (non-hydrogen) atoms. The molecule has 0 radical (unpaired) electrons. The number of aromatic nitrogens is 2. The molecule has 0 bridgehead atoms. The van der Waals surface area contributed by atoms with E-state index in [0.717, 1.165) is 33.7 Å². The summed E-state index contributed by atoms with van der Waals surface area (Å²) in [5.41, 5.74) is 10.3. The number of hydrogen-bond acceptors (Lipinski definition) is 1. The molecular formula is C58H42N2Si. The first-order chi connectivity index (χ1) is 30.2. The van der Waals surface area contributed by atoms with Gasteiger partial charge in [-0.05, 0) is 95.2 Å². The van der Waals surface area contributed by atoms with E-state index in [1.807, 2.05) is 0 Å². The molecule has 1 aromatic heterocycles. The number of benzene rings is 10. The maximum atomic E-state index is 5.19. The summed E-state index contributed by atoms with van der Waals surface area (Å²) in [6.07, 6.45) is 0. The van der Waals surface area contributed by atoms with E-state index in [9.17, 15) is 0 Å². The first-order valence-electron chi connectivity index (χ1n) is 21.1. The molecular weight excluding hydrogens is 753 g/mol. The van der Waals surface area contributed by atoms with Crippen LogP contribution in [0.1, 0.15) is 5.56 Å². The Bertz CT molecular complexity index is 3190. The number of imidazole rings is 1. The van der Waals surface area contributed by atoms with E-state index in [2.05, 4.69) is 248 Å². The van der Waals surface area contributed by atoms with Crippen LogP contribution in [0.5, 0.6) is 0 Å².